The van der Waals surface area contributed by atoms with Crippen molar-refractivity contribution in [3.63, 3.8) is 0 Å². The lowest BCUT2D eigenvalue weighted by atomic mass is 10.0. The Morgan fingerprint density at radius 2 is 1.06 bits per heavy atom. The first-order valence-corrected chi connectivity index (χ1v) is 13.3. The van der Waals surface area contributed by atoms with Crippen molar-refractivity contribution in [1.29, 1.82) is 0 Å². The van der Waals surface area contributed by atoms with Crippen molar-refractivity contribution < 1.29 is 27.8 Å². The van der Waals surface area contributed by atoms with Gasteiger partial charge in [-0.05, 0) is 12.8 Å². The standard InChI is InChI=1S/C28H44F2O4/c1-2-3-4-5-6-7-8-9-10-11-12-13-14-15-16-20-33-27(31)18-17-19-28(32)34-26-22-24(29)21-25(30)23-26/h21-23H,2-20H2,1H3. The highest BCUT2D eigenvalue weighted by molar-refractivity contribution is 5.74. The summed E-state index contributed by atoms with van der Waals surface area (Å²) in [4.78, 5) is 23.5. The fourth-order valence-corrected chi connectivity index (χ4v) is 3.88. The number of ether oxygens (including phenoxy) is 2. The van der Waals surface area contributed by atoms with Gasteiger partial charge in [-0.15, -0.1) is 0 Å². The van der Waals surface area contributed by atoms with Crippen molar-refractivity contribution in [3.8, 4) is 5.75 Å². The number of unbranched alkanes of at least 4 members (excludes halogenated alkanes) is 14. The van der Waals surface area contributed by atoms with E-state index >= 15 is 0 Å². The lowest BCUT2D eigenvalue weighted by Crippen LogP contribution is -2.10. The first-order valence-electron chi connectivity index (χ1n) is 13.3. The minimum absolute atomic E-state index is 0.0216. The number of esters is 2. The molecule has 34 heavy (non-hydrogen) atoms. The van der Waals surface area contributed by atoms with Gasteiger partial charge in [0.2, 0.25) is 0 Å². The Balaban J connectivity index is 1.86. The van der Waals surface area contributed by atoms with Crippen molar-refractivity contribution in [1.82, 2.24) is 0 Å². The smallest absolute Gasteiger partial charge is 0.311 e. The first-order chi connectivity index (χ1) is 16.5. The minimum atomic E-state index is -0.815. The number of benzene rings is 1. The van der Waals surface area contributed by atoms with Crippen LogP contribution in [0.3, 0.4) is 0 Å². The summed E-state index contributed by atoms with van der Waals surface area (Å²) in [7, 11) is 0. The number of hydrogen-bond acceptors (Lipinski definition) is 4. The van der Waals surface area contributed by atoms with Crippen LogP contribution in [-0.2, 0) is 14.3 Å². The van der Waals surface area contributed by atoms with E-state index in [1.807, 2.05) is 0 Å². The quantitative estimate of drug-likeness (QED) is 0.100. The van der Waals surface area contributed by atoms with Crippen molar-refractivity contribution in [2.75, 3.05) is 6.61 Å². The highest BCUT2D eigenvalue weighted by atomic mass is 19.1. The molecule has 0 aliphatic heterocycles. The van der Waals surface area contributed by atoms with E-state index < -0.39 is 17.6 Å². The van der Waals surface area contributed by atoms with Gasteiger partial charge >= 0.3 is 11.9 Å². The van der Waals surface area contributed by atoms with Crippen LogP contribution in [0.1, 0.15) is 122 Å². The molecule has 0 fully saturated rings. The highest BCUT2D eigenvalue weighted by Gasteiger charge is 2.10. The maximum Gasteiger partial charge on any atom is 0.311 e. The summed E-state index contributed by atoms with van der Waals surface area (Å²) < 4.78 is 36.2. The van der Waals surface area contributed by atoms with Crippen LogP contribution in [-0.4, -0.2) is 18.5 Å². The lowest BCUT2D eigenvalue weighted by Gasteiger charge is -2.06. The second-order valence-corrected chi connectivity index (χ2v) is 9.10. The Labute approximate surface area is 204 Å². The molecule has 0 saturated heterocycles. The van der Waals surface area contributed by atoms with Gasteiger partial charge in [0, 0.05) is 31.0 Å². The van der Waals surface area contributed by atoms with Gasteiger partial charge in [0.15, 0.2) is 0 Å². The second-order valence-electron chi connectivity index (χ2n) is 9.10. The first kappa shape index (κ1) is 30.1. The van der Waals surface area contributed by atoms with Crippen molar-refractivity contribution in [2.24, 2.45) is 0 Å². The van der Waals surface area contributed by atoms with Crippen LogP contribution in [0, 0.1) is 11.6 Å². The molecule has 4 nitrogen and oxygen atoms in total. The molecular formula is C28H44F2O4. The normalized spacial score (nSPS) is 10.9. The predicted molar refractivity (Wildman–Crippen MR) is 132 cm³/mol. The molecule has 0 heterocycles. The molecule has 0 saturated carbocycles. The average Bonchev–Trinajstić information content (AvgIpc) is 2.78. The van der Waals surface area contributed by atoms with Crippen LogP contribution in [0.4, 0.5) is 8.78 Å². The fourth-order valence-electron chi connectivity index (χ4n) is 3.88. The maximum atomic E-state index is 13.1. The van der Waals surface area contributed by atoms with Gasteiger partial charge in [0.25, 0.3) is 0 Å². The molecule has 1 aromatic rings. The van der Waals surface area contributed by atoms with E-state index in [2.05, 4.69) is 6.92 Å². The van der Waals surface area contributed by atoms with Gasteiger partial charge < -0.3 is 9.47 Å². The van der Waals surface area contributed by atoms with Gasteiger partial charge in [0.1, 0.15) is 17.4 Å². The van der Waals surface area contributed by atoms with E-state index in [-0.39, 0.29) is 31.0 Å². The van der Waals surface area contributed by atoms with E-state index in [0.29, 0.717) is 12.7 Å². The number of carbonyl (C=O) groups is 2. The molecule has 0 N–H and O–H groups in total. The summed E-state index contributed by atoms with van der Waals surface area (Å²) in [5.41, 5.74) is 0. The zero-order valence-corrected chi connectivity index (χ0v) is 21.1. The molecule has 0 aliphatic carbocycles. The third kappa shape index (κ3) is 17.5. The Morgan fingerprint density at radius 1 is 0.618 bits per heavy atom. The largest absolute Gasteiger partial charge is 0.466 e. The molecule has 1 rings (SSSR count). The van der Waals surface area contributed by atoms with Crippen molar-refractivity contribution in [2.45, 2.75) is 122 Å². The molecule has 0 amide bonds. The molecule has 0 radical (unpaired) electrons. The average molecular weight is 483 g/mol. The molecule has 0 bridgehead atoms. The topological polar surface area (TPSA) is 52.6 Å². The predicted octanol–water partition coefficient (Wildman–Crippen LogP) is 8.46. The Morgan fingerprint density at radius 3 is 1.56 bits per heavy atom. The SMILES string of the molecule is CCCCCCCCCCCCCCCCCOC(=O)CCCC(=O)Oc1cc(F)cc(F)c1. The third-order valence-corrected chi connectivity index (χ3v) is 5.84. The van der Waals surface area contributed by atoms with Gasteiger partial charge in [-0.1, -0.05) is 96.8 Å². The summed E-state index contributed by atoms with van der Waals surface area (Å²) in [5.74, 6) is -2.79. The van der Waals surface area contributed by atoms with E-state index in [4.69, 9.17) is 9.47 Å². The van der Waals surface area contributed by atoms with Crippen LogP contribution in [0.5, 0.6) is 5.75 Å². The Bertz CT molecular complexity index is 658. The third-order valence-electron chi connectivity index (χ3n) is 5.84. The molecule has 0 atom stereocenters. The summed E-state index contributed by atoms with van der Waals surface area (Å²) in [6.45, 7) is 2.66. The number of hydrogen-bond donors (Lipinski definition) is 0. The highest BCUT2D eigenvalue weighted by Crippen LogP contribution is 2.17. The van der Waals surface area contributed by atoms with Crippen LogP contribution in [0.2, 0.25) is 0 Å². The number of carbonyl (C=O) groups excluding carboxylic acids is 2. The Kier molecular flexibility index (Phi) is 18.0. The summed E-state index contributed by atoms with van der Waals surface area (Å²) in [6, 6.07) is 2.57. The van der Waals surface area contributed by atoms with E-state index in [1.165, 1.54) is 83.5 Å². The zero-order valence-electron chi connectivity index (χ0n) is 21.1. The molecule has 0 aliphatic rings. The monoisotopic (exact) mass is 482 g/mol. The molecule has 194 valence electrons. The van der Waals surface area contributed by atoms with Crippen LogP contribution >= 0.6 is 0 Å². The molecule has 0 spiro atoms. The van der Waals surface area contributed by atoms with Crippen molar-refractivity contribution in [3.05, 3.63) is 29.8 Å². The second kappa shape index (κ2) is 20.4. The maximum absolute atomic E-state index is 13.1. The van der Waals surface area contributed by atoms with Gasteiger partial charge in [-0.3, -0.25) is 9.59 Å². The number of rotatable bonds is 21. The van der Waals surface area contributed by atoms with Crippen LogP contribution in [0.25, 0.3) is 0 Å². The van der Waals surface area contributed by atoms with Gasteiger partial charge in [0.05, 0.1) is 6.61 Å². The molecule has 1 aromatic carbocycles. The van der Waals surface area contributed by atoms with E-state index in [1.54, 1.807) is 0 Å². The van der Waals surface area contributed by atoms with E-state index in [9.17, 15) is 18.4 Å². The summed E-state index contributed by atoms with van der Waals surface area (Å²) in [5, 5.41) is 0. The molecule has 0 aromatic heterocycles. The van der Waals surface area contributed by atoms with E-state index in [0.717, 1.165) is 25.0 Å². The van der Waals surface area contributed by atoms with Crippen molar-refractivity contribution >= 4 is 11.9 Å². The minimum Gasteiger partial charge on any atom is -0.466 e. The Hall–Kier alpha value is -1.98. The van der Waals surface area contributed by atoms with Crippen LogP contribution in [0.15, 0.2) is 18.2 Å². The van der Waals surface area contributed by atoms with Gasteiger partial charge in [-0.25, -0.2) is 8.78 Å². The summed E-state index contributed by atoms with van der Waals surface area (Å²) in [6.07, 6.45) is 19.7. The molecular weight excluding hydrogens is 438 g/mol. The lowest BCUT2D eigenvalue weighted by molar-refractivity contribution is -0.144. The number of halogens is 2. The molecule has 6 heteroatoms. The molecule has 0 unspecified atom stereocenters. The zero-order chi connectivity index (χ0) is 24.9. The fraction of sp³-hybridized carbons (Fsp3) is 0.714. The summed E-state index contributed by atoms with van der Waals surface area (Å²) >= 11 is 0. The van der Waals surface area contributed by atoms with Gasteiger partial charge in [-0.2, -0.15) is 0 Å². The van der Waals surface area contributed by atoms with Crippen LogP contribution < -0.4 is 4.74 Å².